The third-order valence-corrected chi connectivity index (χ3v) is 5.11. The van der Waals surface area contributed by atoms with Crippen molar-refractivity contribution in [1.29, 1.82) is 0 Å². The van der Waals surface area contributed by atoms with Crippen molar-refractivity contribution in [2.45, 2.75) is 65.3 Å². The van der Waals surface area contributed by atoms with Gasteiger partial charge in [-0.25, -0.2) is 0 Å². The van der Waals surface area contributed by atoms with Crippen molar-refractivity contribution in [2.24, 2.45) is 0 Å². The van der Waals surface area contributed by atoms with Crippen LogP contribution >= 0.6 is 0 Å². The van der Waals surface area contributed by atoms with Gasteiger partial charge in [0.25, 0.3) is 0 Å². The predicted molar refractivity (Wildman–Crippen MR) is 109 cm³/mol. The van der Waals surface area contributed by atoms with E-state index in [1.165, 1.54) is 16.8 Å². The van der Waals surface area contributed by atoms with Gasteiger partial charge in [-0.15, -0.1) is 0 Å². The molecule has 26 heavy (non-hydrogen) atoms. The molecular formula is C21H35N3O2. The highest BCUT2D eigenvalue weighted by molar-refractivity contribution is 5.91. The lowest BCUT2D eigenvalue weighted by Crippen LogP contribution is -2.51. The molecule has 1 aliphatic rings. The molecular weight excluding hydrogens is 326 g/mol. The third-order valence-electron chi connectivity index (χ3n) is 5.11. The highest BCUT2D eigenvalue weighted by Crippen LogP contribution is 2.37. The van der Waals surface area contributed by atoms with Crippen LogP contribution in [-0.2, 0) is 4.79 Å². The number of piperazine rings is 1. The molecule has 5 nitrogen and oxygen atoms in total. The first-order valence-corrected chi connectivity index (χ1v) is 9.88. The molecule has 146 valence electrons. The smallest absolute Gasteiger partial charge is 0.221 e. The number of rotatable bonds is 7. The summed E-state index contributed by atoms with van der Waals surface area (Å²) in [5.74, 6) is 0.630. The van der Waals surface area contributed by atoms with Crippen molar-refractivity contribution in [2.75, 3.05) is 36.5 Å². The number of carbonyl (C=O) groups excluding carboxylic acids is 1. The van der Waals surface area contributed by atoms with E-state index in [4.69, 9.17) is 0 Å². The highest BCUT2D eigenvalue weighted by atomic mass is 16.3. The van der Waals surface area contributed by atoms with Gasteiger partial charge in [-0.1, -0.05) is 27.7 Å². The minimum atomic E-state index is -0.0236. The van der Waals surface area contributed by atoms with E-state index >= 15 is 0 Å². The molecule has 1 unspecified atom stereocenters. The predicted octanol–water partition coefficient (Wildman–Crippen LogP) is 3.44. The first-order chi connectivity index (χ1) is 12.3. The number of anilines is 2. The summed E-state index contributed by atoms with van der Waals surface area (Å²) in [6.07, 6.45) is 1.80. The maximum absolute atomic E-state index is 11.8. The van der Waals surface area contributed by atoms with Crippen LogP contribution in [0.25, 0.3) is 0 Å². The first-order valence-electron chi connectivity index (χ1n) is 9.88. The van der Waals surface area contributed by atoms with E-state index in [1.54, 1.807) is 6.92 Å². The van der Waals surface area contributed by atoms with E-state index in [2.05, 4.69) is 55.4 Å². The van der Waals surface area contributed by atoms with Crippen LogP contribution in [0.1, 0.15) is 70.4 Å². The van der Waals surface area contributed by atoms with Crippen molar-refractivity contribution >= 4 is 17.3 Å². The van der Waals surface area contributed by atoms with Gasteiger partial charge >= 0.3 is 0 Å². The van der Waals surface area contributed by atoms with E-state index in [0.717, 1.165) is 38.2 Å². The maximum Gasteiger partial charge on any atom is 0.221 e. The summed E-state index contributed by atoms with van der Waals surface area (Å²) in [5, 5.41) is 15.8. The monoisotopic (exact) mass is 361 g/mol. The number of nitrogens with one attached hydrogen (secondary N) is 2. The number of aliphatic hydroxyl groups excluding tert-OH is 1. The Balaban J connectivity index is 2.49. The molecule has 1 aromatic carbocycles. The SMILES string of the molecule is CC(=O)Nc1c(C(C)C)cc(N2CCNCC2CCCO)cc1C(C)C. The van der Waals surface area contributed by atoms with E-state index in [0.29, 0.717) is 17.9 Å². The number of nitrogens with zero attached hydrogens (tertiary/aromatic N) is 1. The molecule has 1 fully saturated rings. The Bertz CT molecular complexity index is 584. The number of amides is 1. The van der Waals surface area contributed by atoms with Crippen molar-refractivity contribution in [3.8, 4) is 0 Å². The highest BCUT2D eigenvalue weighted by Gasteiger charge is 2.25. The van der Waals surface area contributed by atoms with Crippen LogP contribution in [0.4, 0.5) is 11.4 Å². The lowest BCUT2D eigenvalue weighted by Gasteiger charge is -2.39. The van der Waals surface area contributed by atoms with Crippen LogP contribution in [0, 0.1) is 0 Å². The summed E-state index contributed by atoms with van der Waals surface area (Å²) in [5.41, 5.74) is 4.60. The van der Waals surface area contributed by atoms with Crippen LogP contribution < -0.4 is 15.5 Å². The second-order valence-electron chi connectivity index (χ2n) is 7.91. The Kier molecular flexibility index (Phi) is 7.47. The van der Waals surface area contributed by atoms with Crippen LogP contribution in [0.2, 0.25) is 0 Å². The van der Waals surface area contributed by atoms with Crippen molar-refractivity contribution < 1.29 is 9.90 Å². The molecule has 0 aromatic heterocycles. The average molecular weight is 362 g/mol. The number of aliphatic hydroxyl groups is 1. The molecule has 1 saturated heterocycles. The Morgan fingerprint density at radius 3 is 2.38 bits per heavy atom. The van der Waals surface area contributed by atoms with Crippen LogP contribution in [-0.4, -0.2) is 43.3 Å². The summed E-state index contributed by atoms with van der Waals surface area (Å²) >= 11 is 0. The zero-order chi connectivity index (χ0) is 19.3. The van der Waals surface area contributed by atoms with E-state index in [9.17, 15) is 9.90 Å². The van der Waals surface area contributed by atoms with Gasteiger partial charge in [-0.3, -0.25) is 4.79 Å². The standard InChI is InChI=1S/C21H35N3O2/c1-14(2)19-11-18(12-20(15(3)4)21(19)23-16(5)26)24-9-8-22-13-17(24)7-6-10-25/h11-12,14-15,17,22,25H,6-10,13H2,1-5H3,(H,23,26). The molecule has 1 aliphatic heterocycles. The lowest BCUT2D eigenvalue weighted by atomic mass is 9.90. The number of benzene rings is 1. The minimum absolute atomic E-state index is 0.0236. The Labute approximate surface area is 158 Å². The van der Waals surface area contributed by atoms with Gasteiger partial charge in [-0.05, 0) is 47.9 Å². The topological polar surface area (TPSA) is 64.6 Å². The van der Waals surface area contributed by atoms with Crippen molar-refractivity contribution in [3.63, 3.8) is 0 Å². The van der Waals surface area contributed by atoms with Crippen LogP contribution in [0.3, 0.4) is 0 Å². The number of hydrogen-bond acceptors (Lipinski definition) is 4. The van der Waals surface area contributed by atoms with E-state index < -0.39 is 0 Å². The summed E-state index contributed by atoms with van der Waals surface area (Å²) in [7, 11) is 0. The molecule has 0 bridgehead atoms. The van der Waals surface area contributed by atoms with Gasteiger partial charge in [0, 0.05) is 50.6 Å². The van der Waals surface area contributed by atoms with Crippen molar-refractivity contribution in [3.05, 3.63) is 23.3 Å². The van der Waals surface area contributed by atoms with Crippen LogP contribution in [0.15, 0.2) is 12.1 Å². The Hall–Kier alpha value is -1.59. The molecule has 0 spiro atoms. The summed E-state index contributed by atoms with van der Waals surface area (Å²) < 4.78 is 0. The molecule has 0 aliphatic carbocycles. The third kappa shape index (κ3) is 4.98. The number of hydrogen-bond donors (Lipinski definition) is 3. The first kappa shape index (κ1) is 20.7. The van der Waals surface area contributed by atoms with Gasteiger partial charge in [0.15, 0.2) is 0 Å². The molecule has 2 rings (SSSR count). The second-order valence-corrected chi connectivity index (χ2v) is 7.91. The Morgan fingerprint density at radius 1 is 1.27 bits per heavy atom. The Morgan fingerprint density at radius 2 is 1.88 bits per heavy atom. The second kappa shape index (κ2) is 9.38. The largest absolute Gasteiger partial charge is 0.396 e. The van der Waals surface area contributed by atoms with Gasteiger partial charge in [0.1, 0.15) is 0 Å². The lowest BCUT2D eigenvalue weighted by molar-refractivity contribution is -0.114. The minimum Gasteiger partial charge on any atom is -0.396 e. The van der Waals surface area contributed by atoms with Gasteiger partial charge < -0.3 is 20.6 Å². The average Bonchev–Trinajstić information content (AvgIpc) is 2.59. The molecule has 0 radical (unpaired) electrons. The molecule has 1 heterocycles. The van der Waals surface area contributed by atoms with E-state index in [-0.39, 0.29) is 12.5 Å². The fourth-order valence-electron chi connectivity index (χ4n) is 3.75. The molecule has 0 saturated carbocycles. The molecule has 1 atom stereocenters. The number of carbonyl (C=O) groups is 1. The van der Waals surface area contributed by atoms with Gasteiger partial charge in [0.2, 0.25) is 5.91 Å². The van der Waals surface area contributed by atoms with Gasteiger partial charge in [0.05, 0.1) is 0 Å². The summed E-state index contributed by atoms with van der Waals surface area (Å²) in [6, 6.07) is 4.89. The summed E-state index contributed by atoms with van der Waals surface area (Å²) in [6.45, 7) is 13.4. The van der Waals surface area contributed by atoms with E-state index in [1.807, 2.05) is 0 Å². The van der Waals surface area contributed by atoms with Gasteiger partial charge in [-0.2, -0.15) is 0 Å². The fourth-order valence-corrected chi connectivity index (χ4v) is 3.75. The normalized spacial score (nSPS) is 17.8. The molecule has 1 amide bonds. The van der Waals surface area contributed by atoms with Crippen LogP contribution in [0.5, 0.6) is 0 Å². The maximum atomic E-state index is 11.8. The fraction of sp³-hybridized carbons (Fsp3) is 0.667. The summed E-state index contributed by atoms with van der Waals surface area (Å²) in [4.78, 5) is 14.2. The van der Waals surface area contributed by atoms with Crippen molar-refractivity contribution in [1.82, 2.24) is 5.32 Å². The molecule has 1 aromatic rings. The zero-order valence-electron chi connectivity index (χ0n) is 16.9. The zero-order valence-corrected chi connectivity index (χ0v) is 16.9. The molecule has 3 N–H and O–H groups in total. The molecule has 5 heteroatoms. The quantitative estimate of drug-likeness (QED) is 0.696.